The van der Waals surface area contributed by atoms with E-state index in [-0.39, 0.29) is 5.91 Å². The van der Waals surface area contributed by atoms with Crippen LogP contribution in [0.25, 0.3) is 0 Å². The fourth-order valence-corrected chi connectivity index (χ4v) is 2.67. The van der Waals surface area contributed by atoms with Crippen molar-refractivity contribution in [1.82, 2.24) is 15.1 Å². The summed E-state index contributed by atoms with van der Waals surface area (Å²) in [7, 11) is 0. The molecule has 0 aromatic rings. The molecule has 1 atom stereocenters. The van der Waals surface area contributed by atoms with Crippen LogP contribution < -0.4 is 5.32 Å². The van der Waals surface area contributed by atoms with Gasteiger partial charge >= 0.3 is 0 Å². The van der Waals surface area contributed by atoms with Crippen molar-refractivity contribution < 1.29 is 4.79 Å². The van der Waals surface area contributed by atoms with Crippen LogP contribution in [0.15, 0.2) is 0 Å². The molecule has 4 heteroatoms. The minimum atomic E-state index is 0.277. The molecule has 1 unspecified atom stereocenters. The third-order valence-electron chi connectivity index (χ3n) is 3.75. The molecule has 0 spiro atoms. The van der Waals surface area contributed by atoms with Crippen molar-refractivity contribution in [2.45, 2.75) is 46.1 Å². The van der Waals surface area contributed by atoms with Crippen LogP contribution in [0.1, 0.15) is 40.0 Å². The van der Waals surface area contributed by atoms with Gasteiger partial charge in [-0.05, 0) is 46.2 Å². The molecule has 1 aliphatic rings. The van der Waals surface area contributed by atoms with Crippen molar-refractivity contribution in [3.63, 3.8) is 0 Å². The zero-order valence-electron chi connectivity index (χ0n) is 12.2. The lowest BCUT2D eigenvalue weighted by molar-refractivity contribution is -0.132. The van der Waals surface area contributed by atoms with Crippen LogP contribution in [0.4, 0.5) is 0 Å². The first-order valence-electron chi connectivity index (χ1n) is 7.45. The van der Waals surface area contributed by atoms with Gasteiger partial charge in [-0.2, -0.15) is 0 Å². The zero-order chi connectivity index (χ0) is 13.4. The lowest BCUT2D eigenvalue weighted by atomic mass is 10.1. The summed E-state index contributed by atoms with van der Waals surface area (Å²) in [5.41, 5.74) is 0. The van der Waals surface area contributed by atoms with Crippen LogP contribution in [-0.2, 0) is 4.79 Å². The van der Waals surface area contributed by atoms with E-state index in [4.69, 9.17) is 0 Å². The molecule has 0 radical (unpaired) electrons. The fraction of sp³-hybridized carbons (Fsp3) is 0.929. The first kappa shape index (κ1) is 15.4. The van der Waals surface area contributed by atoms with Crippen molar-refractivity contribution in [2.24, 2.45) is 0 Å². The second kappa shape index (κ2) is 8.48. The van der Waals surface area contributed by atoms with Crippen molar-refractivity contribution in [3.8, 4) is 0 Å². The van der Waals surface area contributed by atoms with Gasteiger partial charge in [-0.15, -0.1) is 0 Å². The Bertz CT molecular complexity index is 235. The molecule has 1 heterocycles. The molecular formula is C14H29N3O. The lowest BCUT2D eigenvalue weighted by Gasteiger charge is -2.35. The average molecular weight is 255 g/mol. The molecule has 18 heavy (non-hydrogen) atoms. The third kappa shape index (κ3) is 4.58. The molecule has 0 aromatic heterocycles. The second-order valence-electron chi connectivity index (χ2n) is 5.04. The maximum Gasteiger partial charge on any atom is 0.236 e. The average Bonchev–Trinajstić information content (AvgIpc) is 2.40. The van der Waals surface area contributed by atoms with Gasteiger partial charge in [-0.1, -0.05) is 6.92 Å². The number of amides is 1. The Kier molecular flexibility index (Phi) is 7.28. The number of hydrogen-bond acceptors (Lipinski definition) is 3. The van der Waals surface area contributed by atoms with Gasteiger partial charge in [0.15, 0.2) is 0 Å². The number of nitrogens with one attached hydrogen (secondary N) is 1. The molecule has 1 fully saturated rings. The Hall–Kier alpha value is -0.610. The number of piperidine rings is 1. The Balaban J connectivity index is 2.52. The molecule has 106 valence electrons. The maximum absolute atomic E-state index is 12.2. The standard InChI is InChI=1S/C14H29N3O/c1-4-10-17(13-8-7-9-15-11-13)12-14(18)16(5-2)6-3/h13,15H,4-12H2,1-3H3. The van der Waals surface area contributed by atoms with E-state index >= 15 is 0 Å². The molecule has 1 N–H and O–H groups in total. The molecule has 0 bridgehead atoms. The van der Waals surface area contributed by atoms with Gasteiger partial charge < -0.3 is 10.2 Å². The van der Waals surface area contributed by atoms with Gasteiger partial charge in [0, 0.05) is 25.7 Å². The van der Waals surface area contributed by atoms with Crippen molar-refractivity contribution in [2.75, 3.05) is 39.3 Å². The molecule has 1 rings (SSSR count). The summed E-state index contributed by atoms with van der Waals surface area (Å²) >= 11 is 0. The van der Waals surface area contributed by atoms with E-state index in [1.54, 1.807) is 0 Å². The van der Waals surface area contributed by atoms with E-state index in [1.807, 2.05) is 18.7 Å². The van der Waals surface area contributed by atoms with E-state index in [0.717, 1.165) is 39.1 Å². The van der Waals surface area contributed by atoms with E-state index in [1.165, 1.54) is 12.8 Å². The molecule has 0 aliphatic carbocycles. The summed E-state index contributed by atoms with van der Waals surface area (Å²) in [5.74, 6) is 0.277. The highest BCUT2D eigenvalue weighted by atomic mass is 16.2. The Labute approximate surface area is 112 Å². The van der Waals surface area contributed by atoms with Crippen LogP contribution in [-0.4, -0.2) is 61.0 Å². The predicted molar refractivity (Wildman–Crippen MR) is 75.7 cm³/mol. The van der Waals surface area contributed by atoms with Gasteiger partial charge in [0.25, 0.3) is 0 Å². The first-order valence-corrected chi connectivity index (χ1v) is 7.45. The minimum absolute atomic E-state index is 0.277. The number of carbonyl (C=O) groups is 1. The van der Waals surface area contributed by atoms with E-state index in [0.29, 0.717) is 12.6 Å². The third-order valence-corrected chi connectivity index (χ3v) is 3.75. The Morgan fingerprint density at radius 2 is 2.00 bits per heavy atom. The minimum Gasteiger partial charge on any atom is -0.342 e. The molecule has 1 amide bonds. The number of carbonyl (C=O) groups excluding carboxylic acids is 1. The van der Waals surface area contributed by atoms with Crippen molar-refractivity contribution in [1.29, 1.82) is 0 Å². The quantitative estimate of drug-likeness (QED) is 0.745. The first-order chi connectivity index (χ1) is 8.72. The predicted octanol–water partition coefficient (Wildman–Crippen LogP) is 1.32. The van der Waals surface area contributed by atoms with Gasteiger partial charge in [0.1, 0.15) is 0 Å². The lowest BCUT2D eigenvalue weighted by Crippen LogP contribution is -2.50. The smallest absolute Gasteiger partial charge is 0.236 e. The molecule has 1 saturated heterocycles. The highest BCUT2D eigenvalue weighted by Gasteiger charge is 2.23. The van der Waals surface area contributed by atoms with Gasteiger partial charge in [0.05, 0.1) is 6.54 Å². The van der Waals surface area contributed by atoms with E-state index in [2.05, 4.69) is 17.1 Å². The summed E-state index contributed by atoms with van der Waals surface area (Å²) in [6.07, 6.45) is 3.56. The van der Waals surface area contributed by atoms with Gasteiger partial charge in [-0.3, -0.25) is 9.69 Å². The summed E-state index contributed by atoms with van der Waals surface area (Å²) < 4.78 is 0. The summed E-state index contributed by atoms with van der Waals surface area (Å²) in [5, 5.41) is 3.44. The molecular weight excluding hydrogens is 226 g/mol. The molecule has 4 nitrogen and oxygen atoms in total. The van der Waals surface area contributed by atoms with E-state index < -0.39 is 0 Å². The molecule has 0 aromatic carbocycles. The topological polar surface area (TPSA) is 35.6 Å². The van der Waals surface area contributed by atoms with Crippen LogP contribution in [0.2, 0.25) is 0 Å². The monoisotopic (exact) mass is 255 g/mol. The largest absolute Gasteiger partial charge is 0.342 e. The maximum atomic E-state index is 12.2. The fourth-order valence-electron chi connectivity index (χ4n) is 2.67. The van der Waals surface area contributed by atoms with Crippen molar-refractivity contribution in [3.05, 3.63) is 0 Å². The van der Waals surface area contributed by atoms with E-state index in [9.17, 15) is 4.79 Å². The molecule has 1 aliphatic heterocycles. The Morgan fingerprint density at radius 3 is 2.50 bits per heavy atom. The van der Waals surface area contributed by atoms with Crippen LogP contribution >= 0.6 is 0 Å². The highest BCUT2D eigenvalue weighted by molar-refractivity contribution is 5.78. The Morgan fingerprint density at radius 1 is 1.28 bits per heavy atom. The summed E-state index contributed by atoms with van der Waals surface area (Å²) in [4.78, 5) is 16.5. The highest BCUT2D eigenvalue weighted by Crippen LogP contribution is 2.11. The molecule has 0 saturated carbocycles. The van der Waals surface area contributed by atoms with Crippen molar-refractivity contribution >= 4 is 5.91 Å². The number of rotatable bonds is 7. The summed E-state index contributed by atoms with van der Waals surface area (Å²) in [6, 6.07) is 0.540. The van der Waals surface area contributed by atoms with Gasteiger partial charge in [-0.25, -0.2) is 0 Å². The number of likely N-dealkylation sites (N-methyl/N-ethyl adjacent to an activating group) is 1. The zero-order valence-corrected chi connectivity index (χ0v) is 12.2. The van der Waals surface area contributed by atoms with Crippen LogP contribution in [0.3, 0.4) is 0 Å². The number of hydrogen-bond donors (Lipinski definition) is 1. The SMILES string of the molecule is CCCN(CC(=O)N(CC)CC)C1CCCNC1. The van der Waals surface area contributed by atoms with Crippen LogP contribution in [0.5, 0.6) is 0 Å². The van der Waals surface area contributed by atoms with Crippen LogP contribution in [0, 0.1) is 0 Å². The second-order valence-corrected chi connectivity index (χ2v) is 5.04. The normalized spacial score (nSPS) is 20.1. The van der Waals surface area contributed by atoms with Gasteiger partial charge in [0.2, 0.25) is 5.91 Å². The summed E-state index contributed by atoms with van der Waals surface area (Å²) in [6.45, 7) is 11.7. The number of nitrogens with zero attached hydrogens (tertiary/aromatic N) is 2.